The molecule has 0 aliphatic carbocycles. The Morgan fingerprint density at radius 2 is 1.96 bits per heavy atom. The summed E-state index contributed by atoms with van der Waals surface area (Å²) in [7, 11) is 1.85. The Morgan fingerprint density at radius 3 is 2.67 bits per heavy atom. The number of anilines is 1. The maximum absolute atomic E-state index is 12.3. The Balaban J connectivity index is 1.71. The van der Waals surface area contributed by atoms with Crippen molar-refractivity contribution in [1.29, 1.82) is 0 Å². The van der Waals surface area contributed by atoms with Crippen molar-refractivity contribution in [3.8, 4) is 5.75 Å². The summed E-state index contributed by atoms with van der Waals surface area (Å²) in [6, 6.07) is 9.48. The predicted octanol–water partition coefficient (Wildman–Crippen LogP) is 2.99. The van der Waals surface area contributed by atoms with Gasteiger partial charge in [-0.3, -0.25) is 9.48 Å². The molecule has 6 nitrogen and oxygen atoms in total. The van der Waals surface area contributed by atoms with Crippen LogP contribution in [0, 0.1) is 13.8 Å². The van der Waals surface area contributed by atoms with Crippen molar-refractivity contribution in [2.45, 2.75) is 26.9 Å². The number of aromatic nitrogens is 3. The first-order chi connectivity index (χ1) is 11.4. The number of hydrogen-bond acceptors (Lipinski definition) is 4. The number of aryl methyl sites for hydroxylation is 3. The van der Waals surface area contributed by atoms with Gasteiger partial charge < -0.3 is 10.1 Å². The van der Waals surface area contributed by atoms with Crippen LogP contribution in [0.5, 0.6) is 5.75 Å². The second-order valence-corrected chi connectivity index (χ2v) is 5.87. The van der Waals surface area contributed by atoms with Crippen LogP contribution in [-0.4, -0.2) is 26.8 Å². The number of pyridine rings is 1. The molecule has 1 atom stereocenters. The highest BCUT2D eigenvalue weighted by atomic mass is 16.5. The average Bonchev–Trinajstić information content (AvgIpc) is 2.84. The van der Waals surface area contributed by atoms with Crippen LogP contribution in [0.2, 0.25) is 0 Å². The molecule has 0 fully saturated rings. The van der Waals surface area contributed by atoms with Crippen LogP contribution in [0.1, 0.15) is 18.2 Å². The third-order valence-corrected chi connectivity index (χ3v) is 3.83. The first-order valence-corrected chi connectivity index (χ1v) is 7.77. The zero-order chi connectivity index (χ0) is 17.3. The molecule has 0 bridgehead atoms. The number of nitrogens with zero attached hydrogens (tertiary/aromatic N) is 3. The van der Waals surface area contributed by atoms with Crippen LogP contribution < -0.4 is 10.1 Å². The molecular formula is C18H20N4O2. The maximum Gasteiger partial charge on any atom is 0.265 e. The summed E-state index contributed by atoms with van der Waals surface area (Å²) in [4.78, 5) is 16.7. The zero-order valence-corrected chi connectivity index (χ0v) is 14.2. The number of carbonyl (C=O) groups is 1. The van der Waals surface area contributed by atoms with E-state index < -0.39 is 6.10 Å². The van der Waals surface area contributed by atoms with Gasteiger partial charge in [0.05, 0.1) is 17.6 Å². The zero-order valence-electron chi connectivity index (χ0n) is 14.2. The number of fused-ring (bicyclic) bond motifs is 1. The Morgan fingerprint density at radius 1 is 1.25 bits per heavy atom. The molecule has 1 aromatic carbocycles. The van der Waals surface area contributed by atoms with Crippen LogP contribution in [0.3, 0.4) is 0 Å². The standard InChI is InChI=1S/C18H20N4O2/c1-11-5-7-15(8-6-11)24-13(3)18(23)20-14-9-16-12(2)21-22(4)17(16)19-10-14/h5-10,13H,1-4H3,(H,20,23)/t13-/m1/s1. The highest BCUT2D eigenvalue weighted by Crippen LogP contribution is 2.20. The molecule has 0 saturated carbocycles. The lowest BCUT2D eigenvalue weighted by atomic mass is 10.2. The largest absolute Gasteiger partial charge is 0.481 e. The molecular weight excluding hydrogens is 304 g/mol. The number of rotatable bonds is 4. The van der Waals surface area contributed by atoms with E-state index in [1.807, 2.05) is 51.2 Å². The van der Waals surface area contributed by atoms with Gasteiger partial charge in [-0.25, -0.2) is 4.98 Å². The Labute approximate surface area is 140 Å². The van der Waals surface area contributed by atoms with E-state index in [1.54, 1.807) is 17.8 Å². The summed E-state index contributed by atoms with van der Waals surface area (Å²) in [5, 5.41) is 8.08. The van der Waals surface area contributed by atoms with E-state index in [2.05, 4.69) is 15.4 Å². The fourth-order valence-corrected chi connectivity index (χ4v) is 2.49. The molecule has 2 heterocycles. The number of carbonyl (C=O) groups excluding carboxylic acids is 1. The first kappa shape index (κ1) is 16.0. The Hall–Kier alpha value is -2.89. The molecule has 3 aromatic rings. The number of amides is 1. The van der Waals surface area contributed by atoms with E-state index in [9.17, 15) is 4.79 Å². The van der Waals surface area contributed by atoms with Gasteiger partial charge in [0, 0.05) is 12.4 Å². The van der Waals surface area contributed by atoms with Crippen molar-refractivity contribution in [3.05, 3.63) is 47.8 Å². The molecule has 0 aliphatic heterocycles. The van der Waals surface area contributed by atoms with Gasteiger partial charge in [-0.05, 0) is 39.0 Å². The van der Waals surface area contributed by atoms with Gasteiger partial charge in [0.2, 0.25) is 0 Å². The molecule has 0 radical (unpaired) electrons. The summed E-state index contributed by atoms with van der Waals surface area (Å²) in [5.41, 5.74) is 3.43. The van der Waals surface area contributed by atoms with E-state index in [0.29, 0.717) is 11.4 Å². The van der Waals surface area contributed by atoms with Crippen LogP contribution >= 0.6 is 0 Å². The molecule has 0 saturated heterocycles. The third kappa shape index (κ3) is 3.22. The fraction of sp³-hybridized carbons (Fsp3) is 0.278. The van der Waals surface area contributed by atoms with Crippen LogP contribution in [0.15, 0.2) is 36.5 Å². The van der Waals surface area contributed by atoms with Gasteiger partial charge in [-0.2, -0.15) is 5.10 Å². The average molecular weight is 324 g/mol. The predicted molar refractivity (Wildman–Crippen MR) is 93.1 cm³/mol. The van der Waals surface area contributed by atoms with Crippen molar-refractivity contribution in [2.24, 2.45) is 7.05 Å². The molecule has 1 amide bonds. The molecule has 6 heteroatoms. The number of nitrogens with one attached hydrogen (secondary N) is 1. The number of hydrogen-bond donors (Lipinski definition) is 1. The quantitative estimate of drug-likeness (QED) is 0.801. The van der Waals surface area contributed by atoms with E-state index in [1.165, 1.54) is 0 Å². The summed E-state index contributed by atoms with van der Waals surface area (Å²) >= 11 is 0. The second kappa shape index (κ2) is 6.31. The smallest absolute Gasteiger partial charge is 0.265 e. The number of benzene rings is 1. The van der Waals surface area contributed by atoms with Crippen LogP contribution in [0.4, 0.5) is 5.69 Å². The van der Waals surface area contributed by atoms with Gasteiger partial charge in [0.1, 0.15) is 5.75 Å². The third-order valence-electron chi connectivity index (χ3n) is 3.83. The summed E-state index contributed by atoms with van der Waals surface area (Å²) in [5.74, 6) is 0.443. The minimum absolute atomic E-state index is 0.224. The normalized spacial score (nSPS) is 12.2. The van der Waals surface area contributed by atoms with Gasteiger partial charge in [-0.1, -0.05) is 17.7 Å². The van der Waals surface area contributed by atoms with Crippen molar-refractivity contribution in [2.75, 3.05) is 5.32 Å². The molecule has 124 valence electrons. The maximum atomic E-state index is 12.3. The van der Waals surface area contributed by atoms with Crippen molar-refractivity contribution in [1.82, 2.24) is 14.8 Å². The van der Waals surface area contributed by atoms with Gasteiger partial charge >= 0.3 is 0 Å². The molecule has 2 aromatic heterocycles. The van der Waals surface area contributed by atoms with E-state index >= 15 is 0 Å². The van der Waals surface area contributed by atoms with E-state index in [4.69, 9.17) is 4.74 Å². The lowest BCUT2D eigenvalue weighted by Crippen LogP contribution is -2.30. The minimum atomic E-state index is -0.613. The topological polar surface area (TPSA) is 69.0 Å². The monoisotopic (exact) mass is 324 g/mol. The minimum Gasteiger partial charge on any atom is -0.481 e. The van der Waals surface area contributed by atoms with Gasteiger partial charge in [-0.15, -0.1) is 0 Å². The van der Waals surface area contributed by atoms with Crippen molar-refractivity contribution in [3.63, 3.8) is 0 Å². The lowest BCUT2D eigenvalue weighted by molar-refractivity contribution is -0.122. The molecule has 0 aliphatic rings. The SMILES string of the molecule is Cc1ccc(O[C@H](C)C(=O)Nc2cnc3c(c2)c(C)nn3C)cc1. The first-order valence-electron chi connectivity index (χ1n) is 7.77. The molecule has 3 rings (SSSR count). The molecule has 0 spiro atoms. The fourth-order valence-electron chi connectivity index (χ4n) is 2.49. The second-order valence-electron chi connectivity index (χ2n) is 5.87. The Kier molecular flexibility index (Phi) is 4.20. The highest BCUT2D eigenvalue weighted by Gasteiger charge is 2.16. The molecule has 1 N–H and O–H groups in total. The van der Waals surface area contributed by atoms with Gasteiger partial charge in [0.15, 0.2) is 11.8 Å². The van der Waals surface area contributed by atoms with Crippen LogP contribution in [-0.2, 0) is 11.8 Å². The van der Waals surface area contributed by atoms with Crippen molar-refractivity contribution >= 4 is 22.6 Å². The molecule has 24 heavy (non-hydrogen) atoms. The van der Waals surface area contributed by atoms with Crippen molar-refractivity contribution < 1.29 is 9.53 Å². The van der Waals surface area contributed by atoms with Crippen LogP contribution in [0.25, 0.3) is 11.0 Å². The summed E-state index contributed by atoms with van der Waals surface area (Å²) < 4.78 is 7.39. The lowest BCUT2D eigenvalue weighted by Gasteiger charge is -2.14. The van der Waals surface area contributed by atoms with Gasteiger partial charge in [0.25, 0.3) is 5.91 Å². The summed E-state index contributed by atoms with van der Waals surface area (Å²) in [6.45, 7) is 5.64. The number of ether oxygens (including phenoxy) is 1. The highest BCUT2D eigenvalue weighted by molar-refractivity contribution is 5.95. The molecule has 0 unspecified atom stereocenters. The Bertz CT molecular complexity index is 884. The van der Waals surface area contributed by atoms with E-state index in [0.717, 1.165) is 22.3 Å². The summed E-state index contributed by atoms with van der Waals surface area (Å²) in [6.07, 6.45) is 1.01. The van der Waals surface area contributed by atoms with E-state index in [-0.39, 0.29) is 5.91 Å².